The SMILES string of the molecule is CCCCCC/C=C\CCCCCCCC(=O)OC[C@H](COC(=O)CCCCCCCCCCC/C=C\CCCCCCCC)OC(=O)CCCCCCCCCCCCCCCCCCC. The molecule has 0 fully saturated rings. The van der Waals surface area contributed by atoms with E-state index >= 15 is 0 Å². The fourth-order valence-electron chi connectivity index (χ4n) is 8.91. The van der Waals surface area contributed by atoms with E-state index in [-0.39, 0.29) is 31.1 Å². The van der Waals surface area contributed by atoms with Gasteiger partial charge in [0.1, 0.15) is 13.2 Å². The summed E-state index contributed by atoms with van der Waals surface area (Å²) >= 11 is 0. The van der Waals surface area contributed by atoms with Crippen LogP contribution < -0.4 is 0 Å². The number of unbranched alkanes of at least 4 members (excludes halogenated alkanes) is 40. The average Bonchev–Trinajstić information content (AvgIpc) is 3.33. The molecule has 0 N–H and O–H groups in total. The van der Waals surface area contributed by atoms with E-state index in [9.17, 15) is 14.4 Å². The Bertz CT molecular complexity index is 1080. The molecule has 6 heteroatoms. The minimum atomic E-state index is -0.771. The summed E-state index contributed by atoms with van der Waals surface area (Å²) in [5, 5.41) is 0. The van der Waals surface area contributed by atoms with Crippen molar-refractivity contribution in [3.63, 3.8) is 0 Å². The molecular formula is C61H114O6. The highest BCUT2D eigenvalue weighted by Crippen LogP contribution is 2.17. The van der Waals surface area contributed by atoms with Crippen molar-refractivity contribution in [3.8, 4) is 0 Å². The Labute approximate surface area is 417 Å². The maximum absolute atomic E-state index is 12.9. The first-order valence-electron chi connectivity index (χ1n) is 29.8. The lowest BCUT2D eigenvalue weighted by Gasteiger charge is -2.18. The van der Waals surface area contributed by atoms with Gasteiger partial charge in [-0.15, -0.1) is 0 Å². The van der Waals surface area contributed by atoms with Crippen molar-refractivity contribution in [2.75, 3.05) is 13.2 Å². The van der Waals surface area contributed by atoms with Crippen LogP contribution in [-0.4, -0.2) is 37.2 Å². The van der Waals surface area contributed by atoms with Crippen LogP contribution in [0.25, 0.3) is 0 Å². The molecule has 0 aliphatic rings. The van der Waals surface area contributed by atoms with Gasteiger partial charge >= 0.3 is 17.9 Å². The lowest BCUT2D eigenvalue weighted by molar-refractivity contribution is -0.167. The van der Waals surface area contributed by atoms with Crippen molar-refractivity contribution in [2.24, 2.45) is 0 Å². The zero-order valence-electron chi connectivity index (χ0n) is 45.2. The molecule has 0 aliphatic heterocycles. The lowest BCUT2D eigenvalue weighted by atomic mass is 10.0. The second-order valence-corrected chi connectivity index (χ2v) is 20.3. The number of ether oxygens (including phenoxy) is 3. The number of carbonyl (C=O) groups excluding carboxylic acids is 3. The molecule has 0 radical (unpaired) electrons. The number of esters is 3. The van der Waals surface area contributed by atoms with E-state index < -0.39 is 6.10 Å². The molecule has 0 spiro atoms. The van der Waals surface area contributed by atoms with E-state index in [4.69, 9.17) is 14.2 Å². The molecule has 0 aromatic heterocycles. The fourth-order valence-corrected chi connectivity index (χ4v) is 8.91. The zero-order chi connectivity index (χ0) is 48.6. The average molecular weight is 944 g/mol. The first-order chi connectivity index (χ1) is 33.0. The molecule has 0 heterocycles. The predicted octanol–water partition coefficient (Wildman–Crippen LogP) is 19.9. The number of carbonyl (C=O) groups is 3. The molecular weight excluding hydrogens is 829 g/mol. The van der Waals surface area contributed by atoms with Crippen LogP contribution in [0.15, 0.2) is 24.3 Å². The Morgan fingerprint density at radius 3 is 0.761 bits per heavy atom. The smallest absolute Gasteiger partial charge is 0.306 e. The van der Waals surface area contributed by atoms with Crippen LogP contribution in [0, 0.1) is 0 Å². The van der Waals surface area contributed by atoms with Gasteiger partial charge in [-0.05, 0) is 70.6 Å². The summed E-state index contributed by atoms with van der Waals surface area (Å²) in [6.07, 6.45) is 66.0. The van der Waals surface area contributed by atoms with Gasteiger partial charge in [0.05, 0.1) is 0 Å². The summed E-state index contributed by atoms with van der Waals surface area (Å²) in [5.41, 5.74) is 0. The van der Waals surface area contributed by atoms with Crippen LogP contribution in [0.2, 0.25) is 0 Å². The van der Waals surface area contributed by atoms with Gasteiger partial charge in [0, 0.05) is 19.3 Å². The number of hydrogen-bond acceptors (Lipinski definition) is 6. The van der Waals surface area contributed by atoms with Gasteiger partial charge in [-0.25, -0.2) is 0 Å². The van der Waals surface area contributed by atoms with Crippen molar-refractivity contribution in [1.82, 2.24) is 0 Å². The lowest BCUT2D eigenvalue weighted by Crippen LogP contribution is -2.30. The van der Waals surface area contributed by atoms with Crippen LogP contribution in [-0.2, 0) is 28.6 Å². The Kier molecular flexibility index (Phi) is 54.7. The largest absolute Gasteiger partial charge is 0.462 e. The summed E-state index contributed by atoms with van der Waals surface area (Å²) < 4.78 is 16.9. The summed E-state index contributed by atoms with van der Waals surface area (Å²) in [7, 11) is 0. The van der Waals surface area contributed by atoms with Crippen LogP contribution in [0.5, 0.6) is 0 Å². The molecule has 0 unspecified atom stereocenters. The quantitative estimate of drug-likeness (QED) is 0.0262. The molecule has 0 aromatic carbocycles. The minimum absolute atomic E-state index is 0.0704. The summed E-state index contributed by atoms with van der Waals surface area (Å²) in [6.45, 7) is 6.66. The first kappa shape index (κ1) is 64.9. The highest BCUT2D eigenvalue weighted by molar-refractivity contribution is 5.71. The minimum Gasteiger partial charge on any atom is -0.462 e. The Hall–Kier alpha value is -2.11. The monoisotopic (exact) mass is 943 g/mol. The van der Waals surface area contributed by atoms with Crippen LogP contribution in [0.3, 0.4) is 0 Å². The van der Waals surface area contributed by atoms with Crippen LogP contribution in [0.1, 0.15) is 329 Å². The molecule has 67 heavy (non-hydrogen) atoms. The second kappa shape index (κ2) is 56.5. The standard InChI is InChI=1S/C61H114O6/c1-4-7-10-13-16-19-22-25-27-29-30-32-33-36-39-42-45-48-51-54-60(63)66-57-58(56-65-59(62)53-50-47-44-41-38-35-24-21-18-15-12-9-6-3)67-61(64)55-52-49-46-43-40-37-34-31-28-26-23-20-17-14-11-8-5-2/h21,24-25,27,58H,4-20,22-23,26,28-57H2,1-3H3/b24-21-,27-25-/t58-/m1/s1. The molecule has 0 aliphatic carbocycles. The van der Waals surface area contributed by atoms with Gasteiger partial charge in [-0.3, -0.25) is 14.4 Å². The second-order valence-electron chi connectivity index (χ2n) is 20.3. The van der Waals surface area contributed by atoms with Gasteiger partial charge in [-0.1, -0.05) is 263 Å². The topological polar surface area (TPSA) is 78.9 Å². The third kappa shape index (κ3) is 54.7. The molecule has 0 amide bonds. The summed E-state index contributed by atoms with van der Waals surface area (Å²) in [4.78, 5) is 38.2. The van der Waals surface area contributed by atoms with E-state index in [1.54, 1.807) is 0 Å². The molecule has 1 atom stereocenters. The highest BCUT2D eigenvalue weighted by Gasteiger charge is 2.19. The van der Waals surface area contributed by atoms with E-state index in [1.807, 2.05) is 0 Å². The predicted molar refractivity (Wildman–Crippen MR) is 289 cm³/mol. The summed E-state index contributed by atoms with van der Waals surface area (Å²) in [5.74, 6) is -0.859. The molecule has 0 saturated heterocycles. The molecule has 0 aromatic rings. The van der Waals surface area contributed by atoms with Crippen LogP contribution >= 0.6 is 0 Å². The van der Waals surface area contributed by atoms with E-state index in [1.165, 1.54) is 225 Å². The van der Waals surface area contributed by atoms with Gasteiger partial charge in [-0.2, -0.15) is 0 Å². The first-order valence-corrected chi connectivity index (χ1v) is 29.8. The van der Waals surface area contributed by atoms with E-state index in [0.29, 0.717) is 19.3 Å². The molecule has 0 saturated carbocycles. The van der Waals surface area contributed by atoms with Gasteiger partial charge in [0.25, 0.3) is 0 Å². The maximum Gasteiger partial charge on any atom is 0.306 e. The van der Waals surface area contributed by atoms with Crippen molar-refractivity contribution in [3.05, 3.63) is 24.3 Å². The van der Waals surface area contributed by atoms with Crippen LogP contribution in [0.4, 0.5) is 0 Å². The van der Waals surface area contributed by atoms with Crippen molar-refractivity contribution in [1.29, 1.82) is 0 Å². The molecule has 0 rings (SSSR count). The van der Waals surface area contributed by atoms with Gasteiger partial charge < -0.3 is 14.2 Å². The fraction of sp³-hybridized carbons (Fsp3) is 0.885. The molecule has 0 bridgehead atoms. The zero-order valence-corrected chi connectivity index (χ0v) is 45.2. The third-order valence-corrected chi connectivity index (χ3v) is 13.4. The highest BCUT2D eigenvalue weighted by atomic mass is 16.6. The Morgan fingerprint density at radius 1 is 0.284 bits per heavy atom. The molecule has 6 nitrogen and oxygen atoms in total. The Morgan fingerprint density at radius 2 is 0.493 bits per heavy atom. The number of allylic oxidation sites excluding steroid dienone is 4. The van der Waals surface area contributed by atoms with Gasteiger partial charge in [0.15, 0.2) is 6.10 Å². The third-order valence-electron chi connectivity index (χ3n) is 13.4. The summed E-state index contributed by atoms with van der Waals surface area (Å²) in [6, 6.07) is 0. The Balaban J connectivity index is 4.31. The number of rotatable bonds is 55. The number of hydrogen-bond donors (Lipinski definition) is 0. The maximum atomic E-state index is 12.9. The molecule has 394 valence electrons. The van der Waals surface area contributed by atoms with Crippen molar-refractivity contribution < 1.29 is 28.6 Å². The van der Waals surface area contributed by atoms with Crippen molar-refractivity contribution >= 4 is 17.9 Å². The van der Waals surface area contributed by atoms with Crippen molar-refractivity contribution in [2.45, 2.75) is 335 Å². The normalized spacial score (nSPS) is 12.1. The van der Waals surface area contributed by atoms with E-state index in [0.717, 1.165) is 64.2 Å². The van der Waals surface area contributed by atoms with Gasteiger partial charge in [0.2, 0.25) is 0 Å². The van der Waals surface area contributed by atoms with E-state index in [2.05, 4.69) is 45.1 Å².